The molecule has 0 radical (unpaired) electrons. The zero-order valence-corrected chi connectivity index (χ0v) is 9.82. The average molecular weight is 243 g/mol. The molecule has 0 spiro atoms. The second-order valence-electron chi connectivity index (χ2n) is 4.32. The number of aromatic nitrogens is 1. The molecule has 0 N–H and O–H groups in total. The monoisotopic (exact) mass is 243 g/mol. The summed E-state index contributed by atoms with van der Waals surface area (Å²) in [4.78, 5) is 0. The quantitative estimate of drug-likeness (QED) is 0.605. The van der Waals surface area contributed by atoms with E-state index in [1.54, 1.807) is 18.2 Å². The van der Waals surface area contributed by atoms with Crippen molar-refractivity contribution < 1.29 is 8.78 Å². The van der Waals surface area contributed by atoms with Crippen molar-refractivity contribution in [3.05, 3.63) is 60.3 Å². The van der Waals surface area contributed by atoms with Crippen molar-refractivity contribution in [3.8, 4) is 11.1 Å². The number of hydrogen-bond acceptors (Lipinski definition) is 0. The maximum Gasteiger partial charge on any atom is 0.125 e. The summed E-state index contributed by atoms with van der Waals surface area (Å²) >= 11 is 0. The number of benzene rings is 2. The number of hydrogen-bond donors (Lipinski definition) is 0. The molecule has 3 heteroatoms. The van der Waals surface area contributed by atoms with Gasteiger partial charge in [0.05, 0.1) is 5.52 Å². The third-order valence-electron chi connectivity index (χ3n) is 3.11. The van der Waals surface area contributed by atoms with Crippen LogP contribution in [0.25, 0.3) is 22.0 Å². The highest BCUT2D eigenvalue weighted by atomic mass is 19.1. The number of aryl methyl sites for hydroxylation is 1. The van der Waals surface area contributed by atoms with E-state index < -0.39 is 0 Å². The van der Waals surface area contributed by atoms with Crippen LogP contribution in [0.3, 0.4) is 0 Å². The van der Waals surface area contributed by atoms with Gasteiger partial charge in [-0.25, -0.2) is 8.78 Å². The van der Waals surface area contributed by atoms with Crippen molar-refractivity contribution >= 4 is 10.9 Å². The van der Waals surface area contributed by atoms with Gasteiger partial charge >= 0.3 is 0 Å². The van der Waals surface area contributed by atoms with Gasteiger partial charge < -0.3 is 4.57 Å². The van der Waals surface area contributed by atoms with Gasteiger partial charge in [-0.05, 0) is 35.9 Å². The molecule has 1 nitrogen and oxygen atoms in total. The van der Waals surface area contributed by atoms with Gasteiger partial charge in [0.2, 0.25) is 0 Å². The van der Waals surface area contributed by atoms with Crippen molar-refractivity contribution in [3.63, 3.8) is 0 Å². The van der Waals surface area contributed by atoms with Crippen molar-refractivity contribution in [2.45, 2.75) is 0 Å². The zero-order chi connectivity index (χ0) is 12.7. The number of fused-ring (bicyclic) bond motifs is 1. The van der Waals surface area contributed by atoms with E-state index in [0.717, 1.165) is 22.0 Å². The highest BCUT2D eigenvalue weighted by molar-refractivity contribution is 5.96. The van der Waals surface area contributed by atoms with Crippen molar-refractivity contribution in [2.75, 3.05) is 0 Å². The van der Waals surface area contributed by atoms with Gasteiger partial charge in [0.15, 0.2) is 0 Å². The molecule has 0 fully saturated rings. The predicted molar refractivity (Wildman–Crippen MR) is 68.3 cm³/mol. The highest BCUT2D eigenvalue weighted by Gasteiger charge is 2.09. The molecule has 2 aromatic carbocycles. The molecule has 0 aliphatic rings. The fourth-order valence-electron chi connectivity index (χ4n) is 2.22. The van der Waals surface area contributed by atoms with Crippen LogP contribution in [0, 0.1) is 11.6 Å². The van der Waals surface area contributed by atoms with Crippen LogP contribution in [0.5, 0.6) is 0 Å². The maximum atomic E-state index is 13.2. The van der Waals surface area contributed by atoms with Crippen LogP contribution >= 0.6 is 0 Å². The molecule has 90 valence electrons. The second-order valence-corrected chi connectivity index (χ2v) is 4.32. The number of rotatable bonds is 1. The maximum absolute atomic E-state index is 13.2. The van der Waals surface area contributed by atoms with Crippen molar-refractivity contribution in [1.29, 1.82) is 0 Å². The van der Waals surface area contributed by atoms with Crippen LogP contribution in [0.1, 0.15) is 0 Å². The van der Waals surface area contributed by atoms with Crippen molar-refractivity contribution in [2.24, 2.45) is 7.05 Å². The minimum absolute atomic E-state index is 0.255. The molecule has 0 atom stereocenters. The predicted octanol–water partition coefficient (Wildman–Crippen LogP) is 4.12. The summed E-state index contributed by atoms with van der Waals surface area (Å²) in [6.07, 6.45) is 1.93. The third kappa shape index (κ3) is 1.68. The highest BCUT2D eigenvalue weighted by Crippen LogP contribution is 2.30. The molecule has 0 aliphatic carbocycles. The Kier molecular flexibility index (Phi) is 2.40. The molecule has 0 saturated heterocycles. The molecule has 0 amide bonds. The summed E-state index contributed by atoms with van der Waals surface area (Å²) in [5.41, 5.74) is 2.73. The van der Waals surface area contributed by atoms with Crippen LogP contribution in [-0.4, -0.2) is 4.57 Å². The first-order valence-electron chi connectivity index (χ1n) is 5.66. The normalized spacial score (nSPS) is 11.1. The SMILES string of the molecule is Cn1cc(-c2ccc(F)cc2)c2ccc(F)cc21. The third-order valence-corrected chi connectivity index (χ3v) is 3.11. The van der Waals surface area contributed by atoms with E-state index in [4.69, 9.17) is 0 Å². The smallest absolute Gasteiger partial charge is 0.125 e. The Morgan fingerprint density at radius 1 is 0.889 bits per heavy atom. The van der Waals surface area contributed by atoms with Gasteiger partial charge in [0.25, 0.3) is 0 Å². The Balaban J connectivity index is 2.26. The number of nitrogens with zero attached hydrogens (tertiary/aromatic N) is 1. The van der Waals surface area contributed by atoms with Gasteiger partial charge in [-0.1, -0.05) is 12.1 Å². The lowest BCUT2D eigenvalue weighted by atomic mass is 10.0. The summed E-state index contributed by atoms with van der Waals surface area (Å²) in [5, 5.41) is 0.963. The molecule has 3 rings (SSSR count). The Hall–Kier alpha value is -2.16. The lowest BCUT2D eigenvalue weighted by Gasteiger charge is -1.99. The van der Waals surface area contributed by atoms with Crippen LogP contribution in [0.2, 0.25) is 0 Å². The van der Waals surface area contributed by atoms with E-state index in [-0.39, 0.29) is 11.6 Å². The molecular formula is C15H11F2N. The van der Waals surface area contributed by atoms with Crippen LogP contribution in [0.15, 0.2) is 48.7 Å². The lowest BCUT2D eigenvalue weighted by molar-refractivity contribution is 0.628. The molecule has 0 bridgehead atoms. The summed E-state index contributed by atoms with van der Waals surface area (Å²) in [7, 11) is 1.87. The minimum atomic E-state index is -0.259. The first-order valence-corrected chi connectivity index (χ1v) is 5.66. The standard InChI is InChI=1S/C15H11F2N/c1-18-9-14(10-2-4-11(16)5-3-10)13-7-6-12(17)8-15(13)18/h2-9H,1H3. The molecule has 3 aromatic rings. The summed E-state index contributed by atoms with van der Waals surface area (Å²) in [5.74, 6) is -0.514. The Morgan fingerprint density at radius 3 is 2.28 bits per heavy atom. The molecule has 0 aliphatic heterocycles. The molecule has 1 aromatic heterocycles. The Bertz CT molecular complexity index is 711. The van der Waals surface area contributed by atoms with Crippen LogP contribution in [0.4, 0.5) is 8.78 Å². The van der Waals surface area contributed by atoms with E-state index in [1.807, 2.05) is 17.8 Å². The Morgan fingerprint density at radius 2 is 1.56 bits per heavy atom. The fourth-order valence-corrected chi connectivity index (χ4v) is 2.22. The minimum Gasteiger partial charge on any atom is -0.350 e. The number of halogens is 2. The first kappa shape index (κ1) is 11.0. The van der Waals surface area contributed by atoms with Crippen LogP contribution < -0.4 is 0 Å². The fraction of sp³-hybridized carbons (Fsp3) is 0.0667. The summed E-state index contributed by atoms with van der Waals surface area (Å²) in [6.45, 7) is 0. The molecular weight excluding hydrogens is 232 g/mol. The Labute approximate surface area is 103 Å². The average Bonchev–Trinajstić information content (AvgIpc) is 2.68. The molecule has 0 saturated carbocycles. The van der Waals surface area contributed by atoms with E-state index in [2.05, 4.69) is 0 Å². The van der Waals surface area contributed by atoms with Crippen molar-refractivity contribution in [1.82, 2.24) is 4.57 Å². The second kappa shape index (κ2) is 3.95. The zero-order valence-electron chi connectivity index (χ0n) is 9.82. The summed E-state index contributed by atoms with van der Waals surface area (Å²) < 4.78 is 28.0. The van der Waals surface area contributed by atoms with Gasteiger partial charge in [-0.3, -0.25) is 0 Å². The summed E-state index contributed by atoms with van der Waals surface area (Å²) in [6, 6.07) is 11.0. The van der Waals surface area contributed by atoms with Gasteiger partial charge in [-0.15, -0.1) is 0 Å². The molecule has 18 heavy (non-hydrogen) atoms. The van der Waals surface area contributed by atoms with E-state index in [1.165, 1.54) is 24.3 Å². The van der Waals surface area contributed by atoms with E-state index >= 15 is 0 Å². The molecule has 1 heterocycles. The van der Waals surface area contributed by atoms with Gasteiger partial charge in [-0.2, -0.15) is 0 Å². The van der Waals surface area contributed by atoms with Crippen LogP contribution in [-0.2, 0) is 7.05 Å². The van der Waals surface area contributed by atoms with Gasteiger partial charge in [0, 0.05) is 24.2 Å². The topological polar surface area (TPSA) is 4.93 Å². The first-order chi connectivity index (χ1) is 8.65. The molecule has 0 unspecified atom stereocenters. The van der Waals surface area contributed by atoms with Gasteiger partial charge in [0.1, 0.15) is 11.6 Å². The van der Waals surface area contributed by atoms with E-state index in [9.17, 15) is 8.78 Å². The lowest BCUT2D eigenvalue weighted by Crippen LogP contribution is -1.83. The van der Waals surface area contributed by atoms with E-state index in [0.29, 0.717) is 0 Å². The largest absolute Gasteiger partial charge is 0.350 e.